The molecule has 1 aliphatic heterocycles. The quantitative estimate of drug-likeness (QED) is 0.609. The molecule has 1 aromatic carbocycles. The summed E-state index contributed by atoms with van der Waals surface area (Å²) in [5.74, 6) is -1.35. The Balaban J connectivity index is 2.28. The SMILES string of the molecule is Cc1ncc(-c2cccc(F)c2C)c(N2CCC(C)(C)CC2)c1[C@H](OC(C)(C)C)C(=O)O. The van der Waals surface area contributed by atoms with Gasteiger partial charge in [0.05, 0.1) is 11.3 Å². The fraction of sp³-hybridized carbons (Fsp3) is 0.538. The lowest BCUT2D eigenvalue weighted by molar-refractivity contribution is -0.160. The largest absolute Gasteiger partial charge is 0.479 e. The molecule has 6 heteroatoms. The smallest absolute Gasteiger partial charge is 0.337 e. The molecule has 2 aromatic rings. The highest BCUT2D eigenvalue weighted by Gasteiger charge is 2.36. The van der Waals surface area contributed by atoms with Crippen molar-refractivity contribution in [2.75, 3.05) is 18.0 Å². The molecule has 2 heterocycles. The van der Waals surface area contributed by atoms with Crippen LogP contribution in [-0.4, -0.2) is 34.8 Å². The molecule has 0 radical (unpaired) electrons. The van der Waals surface area contributed by atoms with E-state index in [4.69, 9.17) is 4.74 Å². The Morgan fingerprint density at radius 1 is 1.19 bits per heavy atom. The van der Waals surface area contributed by atoms with E-state index in [-0.39, 0.29) is 11.2 Å². The standard InChI is InChI=1S/C26H35FN2O3/c1-16-18(9-8-10-20(16)27)19-15-28-17(2)21(23(24(30)31)32-25(3,4)5)22(19)29-13-11-26(6,7)12-14-29/h8-10,15,23H,11-14H2,1-7H3,(H,30,31)/t23-/m0/s1. The fourth-order valence-electron chi connectivity index (χ4n) is 4.28. The molecule has 1 aromatic heterocycles. The van der Waals surface area contributed by atoms with E-state index in [0.717, 1.165) is 42.7 Å². The number of anilines is 1. The number of aryl methyl sites for hydroxylation is 1. The Labute approximate surface area is 190 Å². The monoisotopic (exact) mass is 442 g/mol. The summed E-state index contributed by atoms with van der Waals surface area (Å²) in [5, 5.41) is 10.1. The molecule has 32 heavy (non-hydrogen) atoms. The molecule has 1 N–H and O–H groups in total. The predicted molar refractivity (Wildman–Crippen MR) is 126 cm³/mol. The van der Waals surface area contributed by atoms with Crippen LogP contribution in [0, 0.1) is 25.1 Å². The molecule has 1 atom stereocenters. The van der Waals surface area contributed by atoms with Crippen LogP contribution in [-0.2, 0) is 9.53 Å². The van der Waals surface area contributed by atoms with Crippen LogP contribution in [0.3, 0.4) is 0 Å². The van der Waals surface area contributed by atoms with E-state index in [9.17, 15) is 14.3 Å². The number of hydrogen-bond donors (Lipinski definition) is 1. The van der Waals surface area contributed by atoms with Gasteiger partial charge < -0.3 is 14.7 Å². The minimum atomic E-state index is -1.18. The van der Waals surface area contributed by atoms with E-state index in [1.165, 1.54) is 6.07 Å². The second-order valence-corrected chi connectivity index (χ2v) is 10.5. The van der Waals surface area contributed by atoms with Gasteiger partial charge in [0.2, 0.25) is 0 Å². The lowest BCUT2D eigenvalue weighted by Gasteiger charge is -2.41. The summed E-state index contributed by atoms with van der Waals surface area (Å²) in [6.45, 7) is 15.2. The Morgan fingerprint density at radius 3 is 2.38 bits per heavy atom. The molecule has 174 valence electrons. The van der Waals surface area contributed by atoms with Gasteiger partial charge in [-0.05, 0) is 70.1 Å². The molecule has 1 aliphatic rings. The van der Waals surface area contributed by atoms with E-state index in [2.05, 4.69) is 23.7 Å². The lowest BCUT2D eigenvalue weighted by Crippen LogP contribution is -2.39. The van der Waals surface area contributed by atoms with Gasteiger partial charge in [-0.15, -0.1) is 0 Å². The van der Waals surface area contributed by atoms with Gasteiger partial charge in [-0.2, -0.15) is 0 Å². The third kappa shape index (κ3) is 5.12. The summed E-state index contributed by atoms with van der Waals surface area (Å²) in [6.07, 6.45) is 2.52. The van der Waals surface area contributed by atoms with Crippen LogP contribution in [0.2, 0.25) is 0 Å². The van der Waals surface area contributed by atoms with Gasteiger partial charge in [-0.25, -0.2) is 9.18 Å². The number of benzene rings is 1. The van der Waals surface area contributed by atoms with Gasteiger partial charge in [0, 0.05) is 36.1 Å². The Morgan fingerprint density at radius 2 is 1.81 bits per heavy atom. The maximum Gasteiger partial charge on any atom is 0.337 e. The molecule has 0 spiro atoms. The number of pyridine rings is 1. The third-order valence-electron chi connectivity index (χ3n) is 6.24. The first-order chi connectivity index (χ1) is 14.8. The van der Waals surface area contributed by atoms with Crippen molar-refractivity contribution in [1.29, 1.82) is 0 Å². The number of piperidine rings is 1. The Hall–Kier alpha value is -2.47. The van der Waals surface area contributed by atoms with E-state index in [0.29, 0.717) is 16.8 Å². The Bertz CT molecular complexity index is 1000. The molecule has 0 aliphatic carbocycles. The minimum Gasteiger partial charge on any atom is -0.479 e. The number of halogens is 1. The number of carboxylic acids is 1. The van der Waals surface area contributed by atoms with Crippen LogP contribution >= 0.6 is 0 Å². The molecule has 3 rings (SSSR count). The minimum absolute atomic E-state index is 0.224. The summed E-state index contributed by atoms with van der Waals surface area (Å²) in [6, 6.07) is 4.99. The zero-order chi connectivity index (χ0) is 23.8. The number of carbonyl (C=O) groups is 1. The predicted octanol–water partition coefficient (Wildman–Crippen LogP) is 6.07. The molecular weight excluding hydrogens is 407 g/mol. The number of carboxylic acid groups (broad SMARTS) is 1. The average Bonchev–Trinajstić information content (AvgIpc) is 2.68. The van der Waals surface area contributed by atoms with Crippen molar-refractivity contribution < 1.29 is 19.0 Å². The third-order valence-corrected chi connectivity index (χ3v) is 6.24. The molecule has 0 amide bonds. The van der Waals surface area contributed by atoms with Gasteiger partial charge >= 0.3 is 5.97 Å². The van der Waals surface area contributed by atoms with Crippen molar-refractivity contribution >= 4 is 11.7 Å². The fourth-order valence-corrected chi connectivity index (χ4v) is 4.28. The summed E-state index contributed by atoms with van der Waals surface area (Å²) in [4.78, 5) is 19.2. The number of ether oxygens (including phenoxy) is 1. The molecule has 0 bridgehead atoms. The van der Waals surface area contributed by atoms with Crippen molar-refractivity contribution in [2.24, 2.45) is 5.41 Å². The van der Waals surface area contributed by atoms with Crippen molar-refractivity contribution in [3.8, 4) is 11.1 Å². The van der Waals surface area contributed by atoms with Gasteiger partial charge in [0.25, 0.3) is 0 Å². The molecule has 0 saturated carbocycles. The molecule has 1 fully saturated rings. The number of hydrogen-bond acceptors (Lipinski definition) is 4. The lowest BCUT2D eigenvalue weighted by atomic mass is 9.82. The second-order valence-electron chi connectivity index (χ2n) is 10.5. The van der Waals surface area contributed by atoms with Crippen LogP contribution in [0.5, 0.6) is 0 Å². The van der Waals surface area contributed by atoms with E-state index >= 15 is 0 Å². The summed E-state index contributed by atoms with van der Waals surface area (Å²) >= 11 is 0. The van der Waals surface area contributed by atoms with Crippen molar-refractivity contribution in [2.45, 2.75) is 73.0 Å². The highest BCUT2D eigenvalue weighted by molar-refractivity contribution is 5.87. The van der Waals surface area contributed by atoms with Gasteiger partial charge in [0.15, 0.2) is 6.10 Å². The molecule has 5 nitrogen and oxygen atoms in total. The highest BCUT2D eigenvalue weighted by atomic mass is 19.1. The normalized spacial score (nSPS) is 17.3. The van der Waals surface area contributed by atoms with Crippen LogP contribution < -0.4 is 4.90 Å². The van der Waals surface area contributed by atoms with Crippen molar-refractivity contribution in [3.05, 3.63) is 47.0 Å². The van der Waals surface area contributed by atoms with Crippen LogP contribution in [0.4, 0.5) is 10.1 Å². The van der Waals surface area contributed by atoms with Crippen LogP contribution in [0.15, 0.2) is 24.4 Å². The zero-order valence-electron chi connectivity index (χ0n) is 20.3. The Kier molecular flexibility index (Phi) is 6.66. The first-order valence-electron chi connectivity index (χ1n) is 11.2. The van der Waals surface area contributed by atoms with Crippen LogP contribution in [0.1, 0.15) is 70.4 Å². The van der Waals surface area contributed by atoms with E-state index < -0.39 is 17.7 Å². The first-order valence-corrected chi connectivity index (χ1v) is 11.2. The summed E-state index contributed by atoms with van der Waals surface area (Å²) < 4.78 is 20.5. The van der Waals surface area contributed by atoms with E-state index in [1.54, 1.807) is 19.2 Å². The first kappa shape index (κ1) is 24.2. The molecular formula is C26H35FN2O3. The maximum absolute atomic E-state index is 14.5. The number of aliphatic carboxylic acids is 1. The molecule has 0 unspecified atom stereocenters. The topological polar surface area (TPSA) is 62.7 Å². The number of rotatable bonds is 5. The van der Waals surface area contributed by atoms with E-state index in [1.807, 2.05) is 33.8 Å². The maximum atomic E-state index is 14.5. The molecule has 1 saturated heterocycles. The summed E-state index contributed by atoms with van der Waals surface area (Å²) in [7, 11) is 0. The highest BCUT2D eigenvalue weighted by Crippen LogP contribution is 2.44. The average molecular weight is 443 g/mol. The number of nitrogens with zero attached hydrogens (tertiary/aromatic N) is 2. The zero-order valence-corrected chi connectivity index (χ0v) is 20.3. The van der Waals surface area contributed by atoms with Gasteiger partial charge in [0.1, 0.15) is 5.82 Å². The van der Waals surface area contributed by atoms with Gasteiger partial charge in [-0.1, -0.05) is 26.0 Å². The second kappa shape index (κ2) is 8.81. The van der Waals surface area contributed by atoms with Crippen LogP contribution in [0.25, 0.3) is 11.1 Å². The van der Waals surface area contributed by atoms with Crippen molar-refractivity contribution in [3.63, 3.8) is 0 Å². The summed E-state index contributed by atoms with van der Waals surface area (Å²) in [5.41, 5.74) is 3.49. The number of aromatic nitrogens is 1. The van der Waals surface area contributed by atoms with Gasteiger partial charge in [-0.3, -0.25) is 4.98 Å². The van der Waals surface area contributed by atoms with Crippen molar-refractivity contribution in [1.82, 2.24) is 4.98 Å².